The number of aryl methyl sites for hydroxylation is 3. The van der Waals surface area contributed by atoms with Crippen LogP contribution in [0.15, 0.2) is 83.4 Å². The standard InChI is InChI=1S/C28H25N3O2S/c1-18-4-10-21(11-5-18)16-25-27(33)31(23-14-8-20(3)9-15-23)28(34-25)24(17-29)26(32)30-22-12-6-19(2)7-13-22/h4-15,25H,16H2,1-3H3,(H,30,32)/b28-24-/t25-/m0/s1. The highest BCUT2D eigenvalue weighted by atomic mass is 32.2. The summed E-state index contributed by atoms with van der Waals surface area (Å²) in [7, 11) is 0. The largest absolute Gasteiger partial charge is 0.321 e. The molecule has 5 nitrogen and oxygen atoms in total. The van der Waals surface area contributed by atoms with Crippen molar-refractivity contribution in [2.75, 3.05) is 10.2 Å². The zero-order valence-electron chi connectivity index (χ0n) is 19.3. The van der Waals surface area contributed by atoms with Crippen molar-refractivity contribution in [3.8, 4) is 6.07 Å². The van der Waals surface area contributed by atoms with Crippen molar-refractivity contribution in [1.29, 1.82) is 5.26 Å². The molecule has 2 amide bonds. The van der Waals surface area contributed by atoms with Crippen LogP contribution in [0.2, 0.25) is 0 Å². The number of nitrogens with zero attached hydrogens (tertiary/aromatic N) is 2. The lowest BCUT2D eigenvalue weighted by molar-refractivity contribution is -0.117. The molecule has 1 saturated heterocycles. The average molecular weight is 468 g/mol. The molecule has 4 rings (SSSR count). The highest BCUT2D eigenvalue weighted by molar-refractivity contribution is 8.05. The van der Waals surface area contributed by atoms with Gasteiger partial charge >= 0.3 is 0 Å². The van der Waals surface area contributed by atoms with Crippen LogP contribution in [-0.4, -0.2) is 17.1 Å². The van der Waals surface area contributed by atoms with Crippen molar-refractivity contribution in [2.24, 2.45) is 0 Å². The number of benzene rings is 3. The van der Waals surface area contributed by atoms with Gasteiger partial charge in [0.05, 0.1) is 5.25 Å². The van der Waals surface area contributed by atoms with Crippen LogP contribution in [0.1, 0.15) is 22.3 Å². The predicted octanol–water partition coefficient (Wildman–Crippen LogP) is 5.68. The Balaban J connectivity index is 1.71. The quantitative estimate of drug-likeness (QED) is 0.387. The average Bonchev–Trinajstić information content (AvgIpc) is 3.13. The van der Waals surface area contributed by atoms with Gasteiger partial charge in [0, 0.05) is 11.4 Å². The smallest absolute Gasteiger partial charge is 0.269 e. The van der Waals surface area contributed by atoms with Crippen molar-refractivity contribution >= 4 is 35.0 Å². The van der Waals surface area contributed by atoms with Crippen LogP contribution in [0.5, 0.6) is 0 Å². The number of hydrogen-bond donors (Lipinski definition) is 1. The van der Waals surface area contributed by atoms with E-state index in [2.05, 4.69) is 11.4 Å². The summed E-state index contributed by atoms with van der Waals surface area (Å²) in [5.41, 5.74) is 5.46. The van der Waals surface area contributed by atoms with Crippen LogP contribution in [0, 0.1) is 32.1 Å². The molecule has 1 aliphatic heterocycles. The predicted molar refractivity (Wildman–Crippen MR) is 137 cm³/mol. The molecule has 0 bridgehead atoms. The van der Waals surface area contributed by atoms with E-state index in [-0.39, 0.29) is 11.5 Å². The summed E-state index contributed by atoms with van der Waals surface area (Å²) in [5, 5.41) is 12.7. The molecule has 0 saturated carbocycles. The van der Waals surface area contributed by atoms with Crippen molar-refractivity contribution in [2.45, 2.75) is 32.4 Å². The van der Waals surface area contributed by atoms with E-state index in [1.807, 2.05) is 81.4 Å². The molecule has 170 valence electrons. The van der Waals surface area contributed by atoms with E-state index in [1.54, 1.807) is 12.1 Å². The molecule has 0 spiro atoms. The molecule has 0 radical (unpaired) electrons. The third kappa shape index (κ3) is 5.05. The molecule has 6 heteroatoms. The van der Waals surface area contributed by atoms with Crippen LogP contribution >= 0.6 is 11.8 Å². The van der Waals surface area contributed by atoms with Gasteiger partial charge in [-0.3, -0.25) is 14.5 Å². The van der Waals surface area contributed by atoms with Crippen LogP contribution in [-0.2, 0) is 16.0 Å². The summed E-state index contributed by atoms with van der Waals surface area (Å²) in [4.78, 5) is 28.2. The Morgan fingerprint density at radius 3 is 2.00 bits per heavy atom. The normalized spacial score (nSPS) is 16.8. The number of hydrogen-bond acceptors (Lipinski definition) is 4. The van der Waals surface area contributed by atoms with E-state index in [0.717, 1.165) is 22.3 Å². The maximum Gasteiger partial charge on any atom is 0.269 e. The Morgan fingerprint density at radius 1 is 0.912 bits per heavy atom. The number of anilines is 2. The SMILES string of the molecule is Cc1ccc(C[C@@H]2S/C(=C(/C#N)C(=O)Nc3ccc(C)cc3)N(c3ccc(C)cc3)C2=O)cc1. The lowest BCUT2D eigenvalue weighted by Crippen LogP contribution is -2.30. The minimum Gasteiger partial charge on any atom is -0.321 e. The first-order chi connectivity index (χ1) is 16.4. The van der Waals surface area contributed by atoms with Crippen molar-refractivity contribution in [3.63, 3.8) is 0 Å². The minimum atomic E-state index is -0.533. The molecule has 0 unspecified atom stereocenters. The maximum absolute atomic E-state index is 13.5. The Morgan fingerprint density at radius 2 is 1.44 bits per heavy atom. The second-order valence-corrected chi connectivity index (χ2v) is 9.61. The van der Waals surface area contributed by atoms with Gasteiger partial charge in [-0.1, -0.05) is 77.0 Å². The summed E-state index contributed by atoms with van der Waals surface area (Å²) in [6.07, 6.45) is 0.508. The number of carbonyl (C=O) groups excluding carboxylic acids is 2. The first-order valence-corrected chi connectivity index (χ1v) is 11.9. The fourth-order valence-electron chi connectivity index (χ4n) is 3.68. The summed E-state index contributed by atoms with van der Waals surface area (Å²) in [6, 6.07) is 25.0. The van der Waals surface area contributed by atoms with Gasteiger partial charge in [-0.05, 0) is 57.0 Å². The van der Waals surface area contributed by atoms with Crippen molar-refractivity contribution < 1.29 is 9.59 Å². The summed E-state index contributed by atoms with van der Waals surface area (Å²) in [5.74, 6) is -0.671. The molecule has 1 N–H and O–H groups in total. The van der Waals surface area contributed by atoms with E-state index in [4.69, 9.17) is 0 Å². The zero-order valence-corrected chi connectivity index (χ0v) is 20.1. The van der Waals surface area contributed by atoms with Crippen LogP contribution < -0.4 is 10.2 Å². The second kappa shape index (κ2) is 9.98. The Labute approximate surface area is 204 Å². The molecule has 1 atom stereocenters. The first-order valence-electron chi connectivity index (χ1n) is 11.0. The van der Waals surface area contributed by atoms with Crippen LogP contribution in [0.3, 0.4) is 0 Å². The number of nitriles is 1. The third-order valence-electron chi connectivity index (χ3n) is 5.65. The minimum absolute atomic E-state index is 0.0779. The topological polar surface area (TPSA) is 73.2 Å². The molecule has 1 fully saturated rings. The second-order valence-electron chi connectivity index (χ2n) is 8.42. The summed E-state index contributed by atoms with van der Waals surface area (Å²) >= 11 is 1.27. The fraction of sp³-hybridized carbons (Fsp3) is 0.179. The summed E-state index contributed by atoms with van der Waals surface area (Å²) < 4.78 is 0. The highest BCUT2D eigenvalue weighted by Gasteiger charge is 2.40. The Bertz CT molecular complexity index is 1290. The van der Waals surface area contributed by atoms with Gasteiger partial charge in [-0.15, -0.1) is 0 Å². The van der Waals surface area contributed by atoms with Gasteiger partial charge in [0.15, 0.2) is 0 Å². The number of rotatable bonds is 5. The van der Waals surface area contributed by atoms with Gasteiger partial charge in [0.2, 0.25) is 5.91 Å². The van der Waals surface area contributed by atoms with Gasteiger partial charge in [0.1, 0.15) is 16.7 Å². The van der Waals surface area contributed by atoms with Gasteiger partial charge in [-0.25, -0.2) is 0 Å². The number of carbonyl (C=O) groups is 2. The molecule has 1 heterocycles. The highest BCUT2D eigenvalue weighted by Crippen LogP contribution is 2.42. The van der Waals surface area contributed by atoms with E-state index < -0.39 is 11.2 Å². The lowest BCUT2D eigenvalue weighted by atomic mass is 10.1. The molecule has 1 aliphatic rings. The third-order valence-corrected chi connectivity index (χ3v) is 6.91. The maximum atomic E-state index is 13.5. The lowest BCUT2D eigenvalue weighted by Gasteiger charge is -2.19. The zero-order chi connectivity index (χ0) is 24.2. The van der Waals surface area contributed by atoms with Crippen LogP contribution in [0.4, 0.5) is 11.4 Å². The van der Waals surface area contributed by atoms with E-state index >= 15 is 0 Å². The number of thioether (sulfide) groups is 1. The van der Waals surface area contributed by atoms with Crippen molar-refractivity contribution in [1.82, 2.24) is 0 Å². The molecule has 3 aromatic rings. The van der Waals surface area contributed by atoms with Gasteiger partial charge in [0.25, 0.3) is 5.91 Å². The Hall–Kier alpha value is -3.82. The van der Waals surface area contributed by atoms with Crippen molar-refractivity contribution in [3.05, 3.63) is 106 Å². The first kappa shape index (κ1) is 23.3. The summed E-state index contributed by atoms with van der Waals surface area (Å²) in [6.45, 7) is 5.95. The van der Waals surface area contributed by atoms with E-state index in [0.29, 0.717) is 22.8 Å². The number of nitrogens with one attached hydrogen (secondary N) is 1. The molecule has 0 aromatic heterocycles. The number of amides is 2. The van der Waals surface area contributed by atoms with Gasteiger partial charge < -0.3 is 5.32 Å². The molecular formula is C28H25N3O2S. The van der Waals surface area contributed by atoms with E-state index in [9.17, 15) is 14.9 Å². The molecule has 34 heavy (non-hydrogen) atoms. The van der Waals surface area contributed by atoms with E-state index in [1.165, 1.54) is 16.7 Å². The fourth-order valence-corrected chi connectivity index (χ4v) is 4.99. The Kier molecular flexibility index (Phi) is 6.85. The monoisotopic (exact) mass is 467 g/mol. The molecular weight excluding hydrogens is 442 g/mol. The molecule has 3 aromatic carbocycles. The van der Waals surface area contributed by atoms with Gasteiger partial charge in [-0.2, -0.15) is 5.26 Å². The van der Waals surface area contributed by atoms with Crippen LogP contribution in [0.25, 0.3) is 0 Å². The molecule has 0 aliphatic carbocycles.